The molecule has 0 aromatic heterocycles. The first-order valence-corrected chi connectivity index (χ1v) is 7.08. The van der Waals surface area contributed by atoms with Gasteiger partial charge >= 0.3 is 5.97 Å². The first-order valence-electron chi connectivity index (χ1n) is 6.29. The van der Waals surface area contributed by atoms with Crippen LogP contribution in [0, 0.1) is 23.1 Å². The minimum Gasteiger partial charge on any atom is -0.469 e. The minimum atomic E-state index is -0.430. The number of nitrogens with zero attached hydrogens (tertiary/aromatic N) is 2. The number of carbonyl (C=O) groups excluding carboxylic acids is 1. The van der Waals surface area contributed by atoms with Gasteiger partial charge in [0.25, 0.3) is 0 Å². The Labute approximate surface area is 125 Å². The van der Waals surface area contributed by atoms with E-state index in [1.165, 1.54) is 7.11 Å². The third-order valence-electron chi connectivity index (χ3n) is 3.55. The maximum Gasteiger partial charge on any atom is 0.308 e. The second kappa shape index (κ2) is 6.23. The Morgan fingerprint density at radius 2 is 2.15 bits per heavy atom. The number of hydrogen-bond donors (Lipinski definition) is 0. The fraction of sp³-hybridized carbons (Fsp3) is 0.429. The van der Waals surface area contributed by atoms with E-state index in [1.54, 1.807) is 12.1 Å². The highest BCUT2D eigenvalue weighted by molar-refractivity contribution is 9.10. The predicted octanol–water partition coefficient (Wildman–Crippen LogP) is 2.85. The van der Waals surface area contributed by atoms with Crippen LogP contribution in [0.1, 0.15) is 18.4 Å². The van der Waals surface area contributed by atoms with Gasteiger partial charge in [0.1, 0.15) is 6.07 Å². The molecular weight excluding hydrogens is 327 g/mol. The molecule has 1 aromatic rings. The van der Waals surface area contributed by atoms with Crippen LogP contribution >= 0.6 is 15.9 Å². The van der Waals surface area contributed by atoms with E-state index in [2.05, 4.69) is 15.9 Å². The molecule has 20 heavy (non-hydrogen) atoms. The number of hydrogen-bond acceptors (Lipinski definition) is 4. The standard InChI is InChI=1S/C14H14BrFN2O2/c1-20-14(19)9-4-6-18(7-5-9)11-3-2-10(8-17)12(15)13(11)16/h2-3,9H,4-7H2,1H3. The van der Waals surface area contributed by atoms with Crippen molar-refractivity contribution in [1.82, 2.24) is 0 Å². The maximum atomic E-state index is 14.2. The number of halogens is 2. The molecule has 2 rings (SSSR count). The number of carbonyl (C=O) groups is 1. The van der Waals surface area contributed by atoms with Gasteiger partial charge < -0.3 is 9.64 Å². The van der Waals surface area contributed by atoms with Gasteiger partial charge in [-0.05, 0) is 40.9 Å². The van der Waals surface area contributed by atoms with E-state index in [0.29, 0.717) is 31.6 Å². The third-order valence-corrected chi connectivity index (χ3v) is 4.33. The zero-order chi connectivity index (χ0) is 14.7. The van der Waals surface area contributed by atoms with Crippen LogP contribution in [0.25, 0.3) is 0 Å². The monoisotopic (exact) mass is 340 g/mol. The van der Waals surface area contributed by atoms with Crippen LogP contribution in [-0.2, 0) is 9.53 Å². The Hall–Kier alpha value is -1.61. The van der Waals surface area contributed by atoms with E-state index < -0.39 is 5.82 Å². The Morgan fingerprint density at radius 1 is 1.50 bits per heavy atom. The second-order valence-electron chi connectivity index (χ2n) is 4.66. The minimum absolute atomic E-state index is 0.110. The molecule has 1 heterocycles. The smallest absolute Gasteiger partial charge is 0.308 e. The predicted molar refractivity (Wildman–Crippen MR) is 75.8 cm³/mol. The van der Waals surface area contributed by atoms with Crippen molar-refractivity contribution < 1.29 is 13.9 Å². The molecule has 0 unspecified atom stereocenters. The lowest BCUT2D eigenvalue weighted by Gasteiger charge is -2.32. The van der Waals surface area contributed by atoms with Gasteiger partial charge in [-0.15, -0.1) is 0 Å². The Kier molecular flexibility index (Phi) is 4.61. The van der Waals surface area contributed by atoms with Crippen molar-refractivity contribution in [2.75, 3.05) is 25.1 Å². The van der Waals surface area contributed by atoms with Crippen LogP contribution in [-0.4, -0.2) is 26.2 Å². The highest BCUT2D eigenvalue weighted by Gasteiger charge is 2.27. The molecule has 0 spiro atoms. The molecule has 1 aliphatic rings. The number of piperidine rings is 1. The van der Waals surface area contributed by atoms with Gasteiger partial charge in [-0.2, -0.15) is 5.26 Å². The van der Waals surface area contributed by atoms with Gasteiger partial charge in [0, 0.05) is 13.1 Å². The first-order chi connectivity index (χ1) is 9.58. The molecule has 0 amide bonds. The van der Waals surface area contributed by atoms with Gasteiger partial charge in [0.05, 0.1) is 28.8 Å². The van der Waals surface area contributed by atoms with E-state index in [0.717, 1.165) is 0 Å². The number of rotatable bonds is 2. The van der Waals surface area contributed by atoms with Crippen LogP contribution in [0.5, 0.6) is 0 Å². The zero-order valence-corrected chi connectivity index (χ0v) is 12.6. The number of benzene rings is 1. The largest absolute Gasteiger partial charge is 0.469 e. The van der Waals surface area contributed by atoms with E-state index >= 15 is 0 Å². The average Bonchev–Trinajstić information content (AvgIpc) is 2.49. The van der Waals surface area contributed by atoms with Crippen molar-refractivity contribution in [3.05, 3.63) is 28.0 Å². The lowest BCUT2D eigenvalue weighted by Crippen LogP contribution is -2.37. The average molecular weight is 341 g/mol. The number of ether oxygens (including phenoxy) is 1. The summed E-state index contributed by atoms with van der Waals surface area (Å²) >= 11 is 3.11. The summed E-state index contributed by atoms with van der Waals surface area (Å²) in [5, 5.41) is 8.86. The lowest BCUT2D eigenvalue weighted by atomic mass is 9.96. The van der Waals surface area contributed by atoms with Gasteiger partial charge in [-0.3, -0.25) is 4.79 Å². The molecule has 0 aliphatic carbocycles. The van der Waals surface area contributed by atoms with Crippen LogP contribution < -0.4 is 4.90 Å². The second-order valence-corrected chi connectivity index (χ2v) is 5.45. The topological polar surface area (TPSA) is 53.3 Å². The summed E-state index contributed by atoms with van der Waals surface area (Å²) in [6.45, 7) is 1.18. The highest BCUT2D eigenvalue weighted by atomic mass is 79.9. The van der Waals surface area contributed by atoms with Crippen molar-refractivity contribution >= 4 is 27.6 Å². The van der Waals surface area contributed by atoms with Gasteiger partial charge in [-0.25, -0.2) is 4.39 Å². The fourth-order valence-electron chi connectivity index (χ4n) is 2.39. The normalized spacial score (nSPS) is 15.8. The SMILES string of the molecule is COC(=O)C1CCN(c2ccc(C#N)c(Br)c2F)CC1. The molecule has 0 bridgehead atoms. The van der Waals surface area contributed by atoms with Crippen molar-refractivity contribution in [3.8, 4) is 6.07 Å². The molecule has 0 N–H and O–H groups in total. The van der Waals surface area contributed by atoms with Gasteiger partial charge in [0.15, 0.2) is 5.82 Å². The van der Waals surface area contributed by atoms with Crippen molar-refractivity contribution in [3.63, 3.8) is 0 Å². The number of methoxy groups -OCH3 is 1. The Bertz CT molecular complexity index is 563. The summed E-state index contributed by atoms with van der Waals surface area (Å²) in [5.74, 6) is -0.743. The number of anilines is 1. The molecule has 1 aromatic carbocycles. The number of nitriles is 1. The first kappa shape index (κ1) is 14.8. The Balaban J connectivity index is 2.14. The third kappa shape index (κ3) is 2.78. The number of esters is 1. The van der Waals surface area contributed by atoms with Crippen LogP contribution in [0.15, 0.2) is 16.6 Å². The van der Waals surface area contributed by atoms with Crippen LogP contribution in [0.4, 0.5) is 10.1 Å². The molecule has 0 saturated carbocycles. The van der Waals surface area contributed by atoms with E-state index in [4.69, 9.17) is 10.00 Å². The maximum absolute atomic E-state index is 14.2. The van der Waals surface area contributed by atoms with Crippen LogP contribution in [0.2, 0.25) is 0 Å². The van der Waals surface area contributed by atoms with E-state index in [-0.39, 0.29) is 21.9 Å². The summed E-state index contributed by atoms with van der Waals surface area (Å²) in [5.41, 5.74) is 0.731. The van der Waals surface area contributed by atoms with Crippen molar-refractivity contribution in [1.29, 1.82) is 5.26 Å². The zero-order valence-electron chi connectivity index (χ0n) is 11.0. The van der Waals surface area contributed by atoms with Crippen LogP contribution in [0.3, 0.4) is 0 Å². The molecular formula is C14H14BrFN2O2. The summed E-state index contributed by atoms with van der Waals surface area (Å²) in [6.07, 6.45) is 1.29. The summed E-state index contributed by atoms with van der Waals surface area (Å²) in [7, 11) is 1.38. The summed E-state index contributed by atoms with van der Waals surface area (Å²) in [6, 6.07) is 5.13. The molecule has 1 fully saturated rings. The molecule has 0 radical (unpaired) electrons. The van der Waals surface area contributed by atoms with Gasteiger partial charge in [-0.1, -0.05) is 0 Å². The lowest BCUT2D eigenvalue weighted by molar-refractivity contribution is -0.146. The molecule has 6 heteroatoms. The molecule has 1 aliphatic heterocycles. The molecule has 0 atom stereocenters. The van der Waals surface area contributed by atoms with Crippen molar-refractivity contribution in [2.24, 2.45) is 5.92 Å². The Morgan fingerprint density at radius 3 is 2.70 bits per heavy atom. The summed E-state index contributed by atoms with van der Waals surface area (Å²) in [4.78, 5) is 13.3. The molecule has 4 nitrogen and oxygen atoms in total. The molecule has 1 saturated heterocycles. The van der Waals surface area contributed by atoms with E-state index in [1.807, 2.05) is 11.0 Å². The quantitative estimate of drug-likeness (QED) is 0.777. The van der Waals surface area contributed by atoms with Gasteiger partial charge in [0.2, 0.25) is 0 Å². The molecule has 106 valence electrons. The highest BCUT2D eigenvalue weighted by Crippen LogP contribution is 2.31. The van der Waals surface area contributed by atoms with Crippen molar-refractivity contribution in [2.45, 2.75) is 12.8 Å². The summed E-state index contributed by atoms with van der Waals surface area (Å²) < 4.78 is 19.1. The van der Waals surface area contributed by atoms with E-state index in [9.17, 15) is 9.18 Å². The fourth-order valence-corrected chi connectivity index (χ4v) is 2.82.